The van der Waals surface area contributed by atoms with Crippen molar-refractivity contribution in [1.29, 1.82) is 0 Å². The number of imide groups is 1. The van der Waals surface area contributed by atoms with E-state index >= 15 is 0 Å². The molecule has 31 heavy (non-hydrogen) atoms. The molecule has 0 saturated carbocycles. The second-order valence-electron chi connectivity index (χ2n) is 7.59. The van der Waals surface area contributed by atoms with Crippen LogP contribution >= 0.6 is 15.9 Å². The molecule has 160 valence electrons. The van der Waals surface area contributed by atoms with Crippen LogP contribution in [-0.2, 0) is 4.79 Å². The van der Waals surface area contributed by atoms with E-state index in [1.54, 1.807) is 40.1 Å². The molecule has 0 unspecified atom stereocenters. The number of rotatable bonds is 5. The van der Waals surface area contributed by atoms with Crippen molar-refractivity contribution in [3.05, 3.63) is 69.7 Å². The first kappa shape index (κ1) is 21.2. The van der Waals surface area contributed by atoms with Gasteiger partial charge in [-0.1, -0.05) is 34.1 Å². The van der Waals surface area contributed by atoms with Crippen molar-refractivity contribution >= 4 is 39.6 Å². The van der Waals surface area contributed by atoms with Crippen LogP contribution in [0.25, 0.3) is 0 Å². The zero-order valence-electron chi connectivity index (χ0n) is 16.9. The van der Waals surface area contributed by atoms with E-state index in [1.807, 2.05) is 18.2 Å². The Bertz CT molecular complexity index is 1030. The summed E-state index contributed by atoms with van der Waals surface area (Å²) in [5.74, 6) is -0.675. The van der Waals surface area contributed by atoms with E-state index in [-0.39, 0.29) is 36.6 Å². The van der Waals surface area contributed by atoms with Gasteiger partial charge in [0.25, 0.3) is 17.7 Å². The molecule has 1 saturated heterocycles. The van der Waals surface area contributed by atoms with Gasteiger partial charge < -0.3 is 9.80 Å². The maximum atomic E-state index is 12.6. The molecule has 0 bridgehead atoms. The van der Waals surface area contributed by atoms with Crippen LogP contribution in [-0.4, -0.2) is 71.1 Å². The number of piperazine rings is 1. The maximum absolute atomic E-state index is 12.6. The quantitative estimate of drug-likeness (QED) is 0.612. The number of nitrogens with zero attached hydrogens (tertiary/aromatic N) is 3. The number of carbonyl (C=O) groups is 4. The highest BCUT2D eigenvalue weighted by Gasteiger charge is 2.35. The fourth-order valence-corrected chi connectivity index (χ4v) is 4.30. The van der Waals surface area contributed by atoms with Gasteiger partial charge in [0, 0.05) is 49.2 Å². The first-order valence-corrected chi connectivity index (χ1v) is 11.0. The predicted octanol–water partition coefficient (Wildman–Crippen LogP) is 2.81. The highest BCUT2D eigenvalue weighted by Crippen LogP contribution is 2.26. The van der Waals surface area contributed by atoms with Crippen molar-refractivity contribution in [2.45, 2.75) is 12.8 Å². The lowest BCUT2D eigenvalue weighted by Gasteiger charge is -2.35. The number of halogens is 1. The van der Waals surface area contributed by atoms with E-state index in [9.17, 15) is 19.2 Å². The number of hydrogen-bond donors (Lipinski definition) is 0. The Hall–Kier alpha value is -3.00. The third-order valence-electron chi connectivity index (χ3n) is 5.65. The number of hydrogen-bond acceptors (Lipinski definition) is 4. The summed E-state index contributed by atoms with van der Waals surface area (Å²) in [6, 6.07) is 14.1. The summed E-state index contributed by atoms with van der Waals surface area (Å²) >= 11 is 3.32. The van der Waals surface area contributed by atoms with E-state index in [4.69, 9.17) is 0 Å². The molecule has 0 N–H and O–H groups in total. The molecule has 2 aromatic carbocycles. The van der Waals surface area contributed by atoms with E-state index < -0.39 is 0 Å². The molecule has 7 nitrogen and oxygen atoms in total. The summed E-state index contributed by atoms with van der Waals surface area (Å²) < 4.78 is 0.745. The molecule has 0 radical (unpaired) electrons. The number of carbonyl (C=O) groups excluding carboxylic acids is 4. The minimum absolute atomic E-state index is 0.0221. The van der Waals surface area contributed by atoms with Crippen LogP contribution in [0.15, 0.2) is 53.0 Å². The monoisotopic (exact) mass is 483 g/mol. The van der Waals surface area contributed by atoms with E-state index in [0.29, 0.717) is 49.3 Å². The molecule has 1 fully saturated rings. The van der Waals surface area contributed by atoms with Gasteiger partial charge in [-0.15, -0.1) is 0 Å². The Kier molecular flexibility index (Phi) is 6.18. The molecule has 2 heterocycles. The molecule has 0 aromatic heterocycles. The number of fused-ring (bicyclic) bond motifs is 1. The van der Waals surface area contributed by atoms with Gasteiger partial charge in [0.2, 0.25) is 5.91 Å². The van der Waals surface area contributed by atoms with Crippen molar-refractivity contribution in [2.75, 3.05) is 32.7 Å². The normalized spacial score (nSPS) is 16.0. The summed E-state index contributed by atoms with van der Waals surface area (Å²) in [4.78, 5) is 54.8. The van der Waals surface area contributed by atoms with Crippen LogP contribution in [0.2, 0.25) is 0 Å². The van der Waals surface area contributed by atoms with Crippen molar-refractivity contribution < 1.29 is 19.2 Å². The summed E-state index contributed by atoms with van der Waals surface area (Å²) in [7, 11) is 0. The van der Waals surface area contributed by atoms with Gasteiger partial charge in [-0.25, -0.2) is 0 Å². The third kappa shape index (κ3) is 4.39. The number of amides is 4. The minimum atomic E-state index is -0.318. The second kappa shape index (κ2) is 9.01. The van der Waals surface area contributed by atoms with Gasteiger partial charge in [0.1, 0.15) is 0 Å². The van der Waals surface area contributed by atoms with E-state index in [1.165, 1.54) is 4.90 Å². The van der Waals surface area contributed by atoms with Crippen LogP contribution in [0, 0.1) is 0 Å². The Labute approximate surface area is 188 Å². The van der Waals surface area contributed by atoms with Crippen LogP contribution in [0.4, 0.5) is 0 Å². The zero-order valence-corrected chi connectivity index (χ0v) is 18.5. The first-order chi connectivity index (χ1) is 15.0. The summed E-state index contributed by atoms with van der Waals surface area (Å²) in [6.07, 6.45) is 0.665. The lowest BCUT2D eigenvalue weighted by atomic mass is 10.1. The highest BCUT2D eigenvalue weighted by atomic mass is 79.9. The van der Waals surface area contributed by atoms with Gasteiger partial charge in [-0.3, -0.25) is 24.1 Å². The lowest BCUT2D eigenvalue weighted by molar-refractivity contribution is -0.132. The molecule has 0 aliphatic carbocycles. The maximum Gasteiger partial charge on any atom is 0.261 e. The molecular formula is C23H22BrN3O4. The van der Waals surface area contributed by atoms with Crippen molar-refractivity contribution in [3.63, 3.8) is 0 Å². The Morgan fingerprint density at radius 1 is 0.839 bits per heavy atom. The molecule has 2 aliphatic heterocycles. The van der Waals surface area contributed by atoms with Gasteiger partial charge >= 0.3 is 0 Å². The average Bonchev–Trinajstić information content (AvgIpc) is 3.03. The fraction of sp³-hybridized carbons (Fsp3) is 0.304. The molecule has 0 atom stereocenters. The third-order valence-corrected chi connectivity index (χ3v) is 6.14. The first-order valence-electron chi connectivity index (χ1n) is 10.2. The summed E-state index contributed by atoms with van der Waals surface area (Å²) in [5, 5.41) is 0. The van der Waals surface area contributed by atoms with E-state index in [0.717, 1.165) is 4.47 Å². The van der Waals surface area contributed by atoms with Crippen LogP contribution < -0.4 is 0 Å². The second-order valence-corrected chi connectivity index (χ2v) is 8.51. The van der Waals surface area contributed by atoms with Crippen molar-refractivity contribution in [1.82, 2.24) is 14.7 Å². The van der Waals surface area contributed by atoms with Gasteiger partial charge in [-0.2, -0.15) is 0 Å². The SMILES string of the molecule is O=C(CCCN1C(=O)c2ccc(Br)cc2C1=O)N1CCN(C(=O)c2ccccc2)CC1. The largest absolute Gasteiger partial charge is 0.339 e. The standard InChI is InChI=1S/C23H22BrN3O4/c24-17-8-9-18-19(15-17)23(31)27(22(18)30)10-4-7-20(28)25-11-13-26(14-12-25)21(29)16-5-2-1-3-6-16/h1-3,5-6,8-9,15H,4,7,10-14H2. The minimum Gasteiger partial charge on any atom is -0.339 e. The Morgan fingerprint density at radius 2 is 1.48 bits per heavy atom. The Morgan fingerprint density at radius 3 is 2.19 bits per heavy atom. The molecule has 2 aliphatic rings. The van der Waals surface area contributed by atoms with Gasteiger partial charge in [0.05, 0.1) is 11.1 Å². The summed E-state index contributed by atoms with van der Waals surface area (Å²) in [5.41, 5.74) is 1.44. The highest BCUT2D eigenvalue weighted by molar-refractivity contribution is 9.10. The molecular weight excluding hydrogens is 462 g/mol. The smallest absolute Gasteiger partial charge is 0.261 e. The fourth-order valence-electron chi connectivity index (χ4n) is 3.93. The molecule has 0 spiro atoms. The van der Waals surface area contributed by atoms with Gasteiger partial charge in [0.15, 0.2) is 0 Å². The van der Waals surface area contributed by atoms with Crippen molar-refractivity contribution in [2.24, 2.45) is 0 Å². The number of benzene rings is 2. The molecule has 4 amide bonds. The predicted molar refractivity (Wildman–Crippen MR) is 118 cm³/mol. The molecule has 8 heteroatoms. The topological polar surface area (TPSA) is 78.0 Å². The molecule has 2 aromatic rings. The van der Waals surface area contributed by atoms with Gasteiger partial charge in [-0.05, 0) is 36.8 Å². The van der Waals surface area contributed by atoms with E-state index in [2.05, 4.69) is 15.9 Å². The molecule has 4 rings (SSSR count). The van der Waals surface area contributed by atoms with Crippen LogP contribution in [0.5, 0.6) is 0 Å². The van der Waals surface area contributed by atoms with Crippen LogP contribution in [0.3, 0.4) is 0 Å². The average molecular weight is 484 g/mol. The lowest BCUT2D eigenvalue weighted by Crippen LogP contribution is -2.50. The van der Waals surface area contributed by atoms with Crippen LogP contribution in [0.1, 0.15) is 43.9 Å². The Balaban J connectivity index is 1.25. The summed E-state index contributed by atoms with van der Waals surface area (Å²) in [6.45, 7) is 2.17. The van der Waals surface area contributed by atoms with Crippen molar-refractivity contribution in [3.8, 4) is 0 Å². The zero-order chi connectivity index (χ0) is 22.0.